The van der Waals surface area contributed by atoms with Crippen LogP contribution < -0.4 is 27.6 Å². The van der Waals surface area contributed by atoms with E-state index in [1.54, 1.807) is 4.90 Å². The number of primary amides is 1. The first kappa shape index (κ1) is 24.7. The number of nitrogen functional groups attached to an aromatic ring is 1. The van der Waals surface area contributed by atoms with Gasteiger partial charge in [0.2, 0.25) is 11.8 Å². The summed E-state index contributed by atoms with van der Waals surface area (Å²) in [7, 11) is 0. The number of carbonyl (C=O) groups excluding carboxylic acids is 2. The molecule has 1 aliphatic carbocycles. The number of aromatic amines is 1. The Kier molecular flexibility index (Phi) is 7.39. The summed E-state index contributed by atoms with van der Waals surface area (Å²) < 4.78 is 1.33. The van der Waals surface area contributed by atoms with E-state index in [9.17, 15) is 19.2 Å². The summed E-state index contributed by atoms with van der Waals surface area (Å²) in [5.74, 6) is -0.825. The van der Waals surface area contributed by atoms with Gasteiger partial charge in [-0.2, -0.15) is 0 Å². The zero-order chi connectivity index (χ0) is 25.1. The third kappa shape index (κ3) is 5.02. The maximum Gasteiger partial charge on any atom is 0.330 e. The zero-order valence-corrected chi connectivity index (χ0v) is 20.2. The Morgan fingerprint density at radius 2 is 1.83 bits per heavy atom. The molecule has 4 rings (SSSR count). The molecule has 0 spiro atoms. The number of nitrogens with two attached hydrogens (primary N) is 2. The highest BCUT2D eigenvalue weighted by Gasteiger charge is 2.36. The van der Waals surface area contributed by atoms with Crippen molar-refractivity contribution in [1.29, 1.82) is 0 Å². The molecule has 0 saturated heterocycles. The van der Waals surface area contributed by atoms with E-state index < -0.39 is 23.2 Å². The van der Waals surface area contributed by atoms with E-state index in [1.807, 2.05) is 31.2 Å². The van der Waals surface area contributed by atoms with Crippen LogP contribution >= 0.6 is 0 Å². The maximum atomic E-state index is 13.8. The highest BCUT2D eigenvalue weighted by molar-refractivity contribution is 5.98. The Morgan fingerprint density at radius 3 is 2.49 bits per heavy atom. The number of aromatic nitrogens is 2. The number of benzene rings is 1. The summed E-state index contributed by atoms with van der Waals surface area (Å²) in [4.78, 5) is 57.1. The molecule has 10 heteroatoms. The number of nitrogens with zero attached hydrogens (tertiary/aromatic N) is 3. The third-order valence-corrected chi connectivity index (χ3v) is 7.16. The fourth-order valence-corrected chi connectivity index (χ4v) is 5.30. The van der Waals surface area contributed by atoms with Crippen molar-refractivity contribution in [3.8, 4) is 0 Å². The largest absolute Gasteiger partial charge is 0.383 e. The smallest absolute Gasteiger partial charge is 0.330 e. The SMILES string of the molecule is CCCCn1c(N)c(N(C(=O)CN2Cc3ccccc3C[C@H]2C(N)=O)C2CCCC2)c(=O)[nH]c1=O. The van der Waals surface area contributed by atoms with E-state index in [0.29, 0.717) is 25.9 Å². The van der Waals surface area contributed by atoms with Gasteiger partial charge in [-0.1, -0.05) is 50.5 Å². The minimum atomic E-state index is -0.670. The van der Waals surface area contributed by atoms with Crippen LogP contribution in [-0.2, 0) is 29.1 Å². The monoisotopic (exact) mass is 482 g/mol. The molecule has 1 fully saturated rings. The average Bonchev–Trinajstić information content (AvgIpc) is 3.35. The standard InChI is InChI=1S/C25H34N6O4/c1-2-3-12-30-22(26)21(24(34)28-25(30)35)31(18-10-6-7-11-18)20(32)15-29-14-17-9-5-4-8-16(17)13-19(29)23(27)33/h4-5,8-9,18-19H,2-3,6-7,10-15,26H2,1H3,(H2,27,33)(H,28,34,35)/t19-/m0/s1. The second-order valence-electron chi connectivity index (χ2n) is 9.50. The molecule has 2 heterocycles. The van der Waals surface area contributed by atoms with Gasteiger partial charge in [-0.25, -0.2) is 4.79 Å². The molecule has 10 nitrogen and oxygen atoms in total. The summed E-state index contributed by atoms with van der Waals surface area (Å²) in [6.45, 7) is 2.65. The minimum Gasteiger partial charge on any atom is -0.383 e. The summed E-state index contributed by atoms with van der Waals surface area (Å²) in [5.41, 5.74) is 12.9. The number of hydrogen-bond acceptors (Lipinski definition) is 6. The lowest BCUT2D eigenvalue weighted by atomic mass is 9.93. The molecular formula is C25H34N6O4. The lowest BCUT2D eigenvalue weighted by Gasteiger charge is -2.37. The Labute approximate surface area is 203 Å². The fourth-order valence-electron chi connectivity index (χ4n) is 5.30. The second-order valence-corrected chi connectivity index (χ2v) is 9.50. The van der Waals surface area contributed by atoms with E-state index in [0.717, 1.165) is 43.2 Å². The van der Waals surface area contributed by atoms with Crippen LogP contribution in [0.4, 0.5) is 11.5 Å². The predicted octanol–water partition coefficient (Wildman–Crippen LogP) is 1.11. The van der Waals surface area contributed by atoms with Crippen molar-refractivity contribution >= 4 is 23.3 Å². The molecule has 2 aromatic rings. The first-order chi connectivity index (χ1) is 16.8. The molecule has 1 aromatic heterocycles. The molecule has 0 unspecified atom stereocenters. The second kappa shape index (κ2) is 10.5. The van der Waals surface area contributed by atoms with Crippen molar-refractivity contribution in [1.82, 2.24) is 14.5 Å². The molecule has 0 bridgehead atoms. The topological polar surface area (TPSA) is 148 Å². The Balaban J connectivity index is 1.70. The van der Waals surface area contributed by atoms with Crippen LogP contribution in [0, 0.1) is 0 Å². The van der Waals surface area contributed by atoms with Crippen LogP contribution in [0.25, 0.3) is 0 Å². The number of unbranched alkanes of at least 4 members (excludes halogenated alkanes) is 1. The molecule has 2 aliphatic rings. The molecule has 5 N–H and O–H groups in total. The fraction of sp³-hybridized carbons (Fsp3) is 0.520. The van der Waals surface area contributed by atoms with E-state index >= 15 is 0 Å². The lowest BCUT2D eigenvalue weighted by Crippen LogP contribution is -2.54. The van der Waals surface area contributed by atoms with Crippen molar-refractivity contribution in [2.24, 2.45) is 5.73 Å². The highest BCUT2D eigenvalue weighted by atomic mass is 16.2. The minimum absolute atomic E-state index is 0.00268. The summed E-state index contributed by atoms with van der Waals surface area (Å²) >= 11 is 0. The van der Waals surface area contributed by atoms with Gasteiger partial charge in [0.1, 0.15) is 5.82 Å². The van der Waals surface area contributed by atoms with Gasteiger partial charge in [0.25, 0.3) is 5.56 Å². The van der Waals surface area contributed by atoms with Crippen molar-refractivity contribution in [2.45, 2.75) is 77.0 Å². The van der Waals surface area contributed by atoms with Crippen LogP contribution in [0.3, 0.4) is 0 Å². The van der Waals surface area contributed by atoms with Gasteiger partial charge in [-0.15, -0.1) is 0 Å². The van der Waals surface area contributed by atoms with E-state index in [-0.39, 0.29) is 30.0 Å². The molecule has 188 valence electrons. The van der Waals surface area contributed by atoms with Gasteiger partial charge in [-0.3, -0.25) is 28.8 Å². The summed E-state index contributed by atoms with van der Waals surface area (Å²) in [5, 5.41) is 0. The van der Waals surface area contributed by atoms with Crippen LogP contribution in [0.15, 0.2) is 33.9 Å². The molecular weight excluding hydrogens is 448 g/mol. The Morgan fingerprint density at radius 1 is 1.14 bits per heavy atom. The molecule has 1 aromatic carbocycles. The van der Waals surface area contributed by atoms with E-state index in [1.165, 1.54) is 9.47 Å². The van der Waals surface area contributed by atoms with Gasteiger partial charge in [-0.05, 0) is 36.8 Å². The van der Waals surface area contributed by atoms with Crippen molar-refractivity contribution in [3.63, 3.8) is 0 Å². The number of amides is 2. The maximum absolute atomic E-state index is 13.8. The Hall–Kier alpha value is -3.40. The number of rotatable bonds is 8. The lowest BCUT2D eigenvalue weighted by molar-refractivity contribution is -0.126. The molecule has 1 atom stereocenters. The van der Waals surface area contributed by atoms with E-state index in [4.69, 9.17) is 11.5 Å². The van der Waals surface area contributed by atoms with Gasteiger partial charge in [0.15, 0.2) is 5.69 Å². The van der Waals surface area contributed by atoms with Crippen molar-refractivity contribution < 1.29 is 9.59 Å². The number of nitrogens with one attached hydrogen (secondary N) is 1. The Bertz CT molecular complexity index is 1210. The van der Waals surface area contributed by atoms with E-state index in [2.05, 4.69) is 4.98 Å². The number of hydrogen-bond donors (Lipinski definition) is 3. The van der Waals surface area contributed by atoms with Gasteiger partial charge >= 0.3 is 5.69 Å². The first-order valence-electron chi connectivity index (χ1n) is 12.4. The van der Waals surface area contributed by atoms with Crippen LogP contribution in [0.2, 0.25) is 0 Å². The van der Waals surface area contributed by atoms with Crippen LogP contribution in [0.1, 0.15) is 56.6 Å². The third-order valence-electron chi connectivity index (χ3n) is 7.16. The molecule has 35 heavy (non-hydrogen) atoms. The van der Waals surface area contributed by atoms with Gasteiger partial charge < -0.3 is 16.4 Å². The zero-order valence-electron chi connectivity index (χ0n) is 20.2. The molecule has 1 aliphatic heterocycles. The van der Waals surface area contributed by atoms with Crippen LogP contribution in [-0.4, -0.2) is 44.9 Å². The summed E-state index contributed by atoms with van der Waals surface area (Å²) in [6.07, 6.45) is 5.32. The molecule has 2 amide bonds. The number of fused-ring (bicyclic) bond motifs is 1. The van der Waals surface area contributed by atoms with Gasteiger partial charge in [0.05, 0.1) is 12.6 Å². The number of anilines is 2. The van der Waals surface area contributed by atoms with Gasteiger partial charge in [0, 0.05) is 19.1 Å². The number of H-pyrrole nitrogens is 1. The van der Waals surface area contributed by atoms with Crippen molar-refractivity contribution in [2.75, 3.05) is 17.2 Å². The normalized spacial score (nSPS) is 18.4. The molecule has 1 saturated carbocycles. The average molecular weight is 483 g/mol. The predicted molar refractivity (Wildman–Crippen MR) is 134 cm³/mol. The van der Waals surface area contributed by atoms with Crippen LogP contribution in [0.5, 0.6) is 0 Å². The quantitative estimate of drug-likeness (QED) is 0.513. The number of carbonyl (C=O) groups is 2. The summed E-state index contributed by atoms with van der Waals surface area (Å²) in [6, 6.07) is 6.96. The first-order valence-corrected chi connectivity index (χ1v) is 12.4. The highest BCUT2D eigenvalue weighted by Crippen LogP contribution is 2.30. The molecule has 0 radical (unpaired) electrons. The van der Waals surface area contributed by atoms with Crippen molar-refractivity contribution in [3.05, 3.63) is 56.2 Å².